The molecule has 17 heavy (non-hydrogen) atoms. The Kier molecular flexibility index (Phi) is 4.26. The van der Waals surface area contributed by atoms with E-state index in [2.05, 4.69) is 46.4 Å². The van der Waals surface area contributed by atoms with E-state index in [-0.39, 0.29) is 7.43 Å². The average molecular weight is 230 g/mol. The van der Waals surface area contributed by atoms with Crippen LogP contribution in [0.1, 0.15) is 38.6 Å². The number of aryl methyl sites for hydroxylation is 1. The van der Waals surface area contributed by atoms with Crippen LogP contribution in [0, 0.1) is 6.92 Å². The lowest BCUT2D eigenvalue weighted by molar-refractivity contribution is 0.815. The van der Waals surface area contributed by atoms with Crippen LogP contribution in [0.25, 0.3) is 11.4 Å². The van der Waals surface area contributed by atoms with Gasteiger partial charge in [0.1, 0.15) is 0 Å². The van der Waals surface area contributed by atoms with Gasteiger partial charge in [-0.1, -0.05) is 45.5 Å². The summed E-state index contributed by atoms with van der Waals surface area (Å²) in [7, 11) is 0. The molecule has 90 valence electrons. The van der Waals surface area contributed by atoms with E-state index < -0.39 is 0 Å². The third-order valence-corrected chi connectivity index (χ3v) is 2.41. The van der Waals surface area contributed by atoms with Crippen molar-refractivity contribution in [2.75, 3.05) is 0 Å². The molecule has 0 bridgehead atoms. The van der Waals surface area contributed by atoms with Gasteiger partial charge in [0.2, 0.25) is 5.82 Å². The molecule has 0 unspecified atom stereocenters. The predicted octanol–water partition coefficient (Wildman–Crippen LogP) is 3.00. The second kappa shape index (κ2) is 5.48. The molecule has 1 aromatic heterocycles. The van der Waals surface area contributed by atoms with Gasteiger partial charge in [-0.05, 0) is 18.4 Å². The molecule has 0 aliphatic carbocycles. The lowest BCUT2D eigenvalue weighted by Gasteiger charge is -2.05. The molecule has 0 spiro atoms. The highest BCUT2D eigenvalue weighted by Crippen LogP contribution is 2.18. The zero-order chi connectivity index (χ0) is 11.5. The third kappa shape index (κ3) is 3.06. The van der Waals surface area contributed by atoms with Crippen molar-refractivity contribution in [3.63, 3.8) is 0 Å². The first kappa shape index (κ1) is 13.2. The van der Waals surface area contributed by atoms with Crippen molar-refractivity contribution in [3.05, 3.63) is 35.7 Å². The van der Waals surface area contributed by atoms with Crippen LogP contribution in [0.2, 0.25) is 0 Å². The average Bonchev–Trinajstić information content (AvgIpc) is 2.30. The molecule has 0 saturated heterocycles. The molecule has 1 aromatic carbocycles. The Bertz CT molecular complexity index is 460. The minimum absolute atomic E-state index is 0. The van der Waals surface area contributed by atoms with Gasteiger partial charge in [0.05, 0.1) is 0 Å². The number of aromatic nitrogens is 4. The molecule has 0 N–H and O–H groups in total. The number of hydrogen-bond donors (Lipinski definition) is 0. The van der Waals surface area contributed by atoms with Crippen LogP contribution >= 0.6 is 0 Å². The topological polar surface area (TPSA) is 51.6 Å². The van der Waals surface area contributed by atoms with Gasteiger partial charge in [-0.2, -0.15) is 0 Å². The molecular weight excluding hydrogens is 212 g/mol. The Morgan fingerprint density at radius 1 is 0.882 bits per heavy atom. The Morgan fingerprint density at radius 2 is 1.41 bits per heavy atom. The smallest absolute Gasteiger partial charge is 0.131 e. The van der Waals surface area contributed by atoms with Crippen molar-refractivity contribution in [2.24, 2.45) is 0 Å². The third-order valence-electron chi connectivity index (χ3n) is 2.41. The first-order valence-corrected chi connectivity index (χ1v) is 5.31. The van der Waals surface area contributed by atoms with Crippen LogP contribution in [0.5, 0.6) is 0 Å². The zero-order valence-electron chi connectivity index (χ0n) is 9.68. The maximum Gasteiger partial charge on any atom is 0.203 e. The number of rotatable bonds is 2. The Labute approximate surface area is 102 Å². The summed E-state index contributed by atoms with van der Waals surface area (Å²) in [6.07, 6.45) is 0. The second-order valence-corrected chi connectivity index (χ2v) is 4.05. The van der Waals surface area contributed by atoms with E-state index in [1.54, 1.807) is 6.92 Å². The summed E-state index contributed by atoms with van der Waals surface area (Å²) < 4.78 is 0. The van der Waals surface area contributed by atoms with Crippen molar-refractivity contribution in [1.29, 1.82) is 0 Å². The largest absolute Gasteiger partial charge is 0.203 e. The normalized spacial score (nSPS) is 10.1. The molecule has 0 saturated carbocycles. The molecule has 2 aromatic rings. The fourth-order valence-corrected chi connectivity index (χ4v) is 1.41. The first-order chi connectivity index (χ1) is 7.66. The Hall–Kier alpha value is -1.84. The fourth-order valence-electron chi connectivity index (χ4n) is 1.41. The van der Waals surface area contributed by atoms with Crippen molar-refractivity contribution in [1.82, 2.24) is 20.4 Å². The molecule has 0 radical (unpaired) electrons. The van der Waals surface area contributed by atoms with Crippen molar-refractivity contribution in [3.8, 4) is 11.4 Å². The second-order valence-electron chi connectivity index (χ2n) is 4.05. The lowest BCUT2D eigenvalue weighted by atomic mass is 10.0. The van der Waals surface area contributed by atoms with Crippen LogP contribution in [-0.4, -0.2) is 20.4 Å². The summed E-state index contributed by atoms with van der Waals surface area (Å²) in [5.74, 6) is 1.69. The molecule has 0 aliphatic heterocycles. The minimum atomic E-state index is 0. The van der Waals surface area contributed by atoms with Gasteiger partial charge in [0, 0.05) is 5.56 Å². The van der Waals surface area contributed by atoms with Crippen molar-refractivity contribution >= 4 is 0 Å². The molecule has 1 heterocycles. The molecule has 4 nitrogen and oxygen atoms in total. The zero-order valence-corrected chi connectivity index (χ0v) is 9.68. The SMILES string of the molecule is C.Cc1nnc(-c2ccc(C(C)C)cc2)nn1. The van der Waals surface area contributed by atoms with Crippen molar-refractivity contribution in [2.45, 2.75) is 34.1 Å². The maximum absolute atomic E-state index is 4.00. The Morgan fingerprint density at radius 3 is 1.88 bits per heavy atom. The highest BCUT2D eigenvalue weighted by Gasteiger charge is 2.04. The highest BCUT2D eigenvalue weighted by molar-refractivity contribution is 5.54. The quantitative estimate of drug-likeness (QED) is 0.795. The van der Waals surface area contributed by atoms with Gasteiger partial charge >= 0.3 is 0 Å². The molecule has 0 fully saturated rings. The van der Waals surface area contributed by atoms with Gasteiger partial charge in [0.25, 0.3) is 0 Å². The van der Waals surface area contributed by atoms with Gasteiger partial charge in [-0.25, -0.2) is 0 Å². The summed E-state index contributed by atoms with van der Waals surface area (Å²) >= 11 is 0. The maximum atomic E-state index is 4.00. The monoisotopic (exact) mass is 230 g/mol. The van der Waals surface area contributed by atoms with Crippen LogP contribution in [0.3, 0.4) is 0 Å². The van der Waals surface area contributed by atoms with Gasteiger partial charge in [-0.15, -0.1) is 20.4 Å². The number of hydrogen-bond acceptors (Lipinski definition) is 4. The summed E-state index contributed by atoms with van der Waals surface area (Å²) in [4.78, 5) is 0. The van der Waals surface area contributed by atoms with E-state index in [1.165, 1.54) is 5.56 Å². The fraction of sp³-hybridized carbons (Fsp3) is 0.385. The molecule has 2 rings (SSSR count). The molecule has 0 amide bonds. The summed E-state index contributed by atoms with van der Waals surface area (Å²) in [6, 6.07) is 8.18. The predicted molar refractivity (Wildman–Crippen MR) is 68.6 cm³/mol. The molecule has 0 aliphatic rings. The van der Waals surface area contributed by atoms with E-state index in [4.69, 9.17) is 0 Å². The van der Waals surface area contributed by atoms with E-state index in [9.17, 15) is 0 Å². The Balaban J connectivity index is 0.00000144. The van der Waals surface area contributed by atoms with E-state index in [0.29, 0.717) is 17.6 Å². The first-order valence-electron chi connectivity index (χ1n) is 5.31. The molecule has 4 heteroatoms. The van der Waals surface area contributed by atoms with E-state index in [1.807, 2.05) is 12.1 Å². The standard InChI is InChI=1S/C12H14N4.CH4/c1-8(2)10-4-6-11(7-5-10)12-15-13-9(3)14-16-12;/h4-8H,1-3H3;1H4. The van der Waals surface area contributed by atoms with Crippen LogP contribution in [0.4, 0.5) is 0 Å². The highest BCUT2D eigenvalue weighted by atomic mass is 15.3. The van der Waals surface area contributed by atoms with Gasteiger partial charge in [0.15, 0.2) is 5.82 Å². The van der Waals surface area contributed by atoms with Crippen LogP contribution < -0.4 is 0 Å². The van der Waals surface area contributed by atoms with Crippen LogP contribution in [0.15, 0.2) is 24.3 Å². The summed E-state index contributed by atoms with van der Waals surface area (Å²) in [6.45, 7) is 6.10. The number of benzene rings is 1. The lowest BCUT2D eigenvalue weighted by Crippen LogP contribution is -1.98. The van der Waals surface area contributed by atoms with Crippen LogP contribution in [-0.2, 0) is 0 Å². The molecular formula is C13H18N4. The number of nitrogens with zero attached hydrogens (tertiary/aromatic N) is 4. The van der Waals surface area contributed by atoms with Gasteiger partial charge in [-0.3, -0.25) is 0 Å². The van der Waals surface area contributed by atoms with Gasteiger partial charge < -0.3 is 0 Å². The van der Waals surface area contributed by atoms with Crippen molar-refractivity contribution < 1.29 is 0 Å². The minimum Gasteiger partial charge on any atom is -0.131 e. The van der Waals surface area contributed by atoms with E-state index >= 15 is 0 Å². The summed E-state index contributed by atoms with van der Waals surface area (Å²) in [5, 5.41) is 15.8. The van der Waals surface area contributed by atoms with E-state index in [0.717, 1.165) is 5.56 Å². The molecule has 0 atom stereocenters. The summed E-state index contributed by atoms with van der Waals surface area (Å²) in [5.41, 5.74) is 2.25.